The van der Waals surface area contributed by atoms with Crippen LogP contribution in [0.25, 0.3) is 0 Å². The monoisotopic (exact) mass is 309 g/mol. The Bertz CT molecular complexity index is 760. The topological polar surface area (TPSA) is 58.7 Å². The maximum Gasteiger partial charge on any atom is 0.335 e. The number of nitrogens with two attached hydrogens (primary N) is 1. The van der Waals surface area contributed by atoms with Crippen LogP contribution in [0.15, 0.2) is 64.6 Å². The van der Waals surface area contributed by atoms with E-state index in [0.717, 1.165) is 22.6 Å². The zero-order valence-electron chi connectivity index (χ0n) is 11.8. The lowest BCUT2D eigenvalue weighted by atomic mass is 9.88. The fourth-order valence-corrected chi connectivity index (χ4v) is 4.39. The summed E-state index contributed by atoms with van der Waals surface area (Å²) in [6, 6.07) is 17.6. The quantitative estimate of drug-likeness (QED) is 0.879. The van der Waals surface area contributed by atoms with Gasteiger partial charge in [-0.15, -0.1) is 11.8 Å². The predicted octanol–water partition coefficient (Wildman–Crippen LogP) is 3.25. The number of hydrogen-bond donors (Lipinski definition) is 1. The average molecular weight is 309 g/mol. The van der Waals surface area contributed by atoms with Gasteiger partial charge in [0.15, 0.2) is 0 Å². The molecule has 2 N–H and O–H groups in total. The Balaban J connectivity index is 1.82. The van der Waals surface area contributed by atoms with Crippen molar-refractivity contribution < 1.29 is 4.79 Å². The summed E-state index contributed by atoms with van der Waals surface area (Å²) < 4.78 is 0. The Morgan fingerprint density at radius 3 is 2.64 bits per heavy atom. The zero-order valence-corrected chi connectivity index (χ0v) is 12.7. The van der Waals surface area contributed by atoms with Gasteiger partial charge < -0.3 is 5.73 Å². The molecule has 0 spiro atoms. The summed E-state index contributed by atoms with van der Waals surface area (Å²) >= 11 is 1.82. The molecule has 2 aliphatic rings. The zero-order chi connectivity index (χ0) is 15.1. The van der Waals surface area contributed by atoms with Crippen molar-refractivity contribution in [3.8, 4) is 0 Å². The van der Waals surface area contributed by atoms with Gasteiger partial charge in [0.05, 0.1) is 11.8 Å². The van der Waals surface area contributed by atoms with Crippen LogP contribution in [-0.4, -0.2) is 22.5 Å². The standard InChI is InChI=1S/C17H15N3OS/c18-17(21)20-16(11-6-2-1-3-7-11)13-10-22-14-9-5-4-8-12(14)15(13)19-20/h1-9,13,16H,10H2,(H2,18,21)/t13-,16+/m1/s1. The van der Waals surface area contributed by atoms with Gasteiger partial charge in [-0.25, -0.2) is 9.80 Å². The number of nitrogens with zero attached hydrogens (tertiary/aromatic N) is 2. The average Bonchev–Trinajstić information content (AvgIpc) is 2.96. The van der Waals surface area contributed by atoms with Crippen LogP contribution in [0.1, 0.15) is 17.2 Å². The highest BCUT2D eigenvalue weighted by Gasteiger charge is 2.43. The Labute approximate surface area is 133 Å². The number of urea groups is 1. The van der Waals surface area contributed by atoms with Gasteiger partial charge in [-0.05, 0) is 11.6 Å². The van der Waals surface area contributed by atoms with Crippen molar-refractivity contribution in [2.24, 2.45) is 16.8 Å². The minimum absolute atomic E-state index is 0.116. The van der Waals surface area contributed by atoms with Gasteiger partial charge >= 0.3 is 6.03 Å². The van der Waals surface area contributed by atoms with Crippen molar-refractivity contribution in [3.63, 3.8) is 0 Å². The van der Waals surface area contributed by atoms with E-state index in [1.807, 2.05) is 54.2 Å². The number of rotatable bonds is 1. The lowest BCUT2D eigenvalue weighted by Gasteiger charge is -2.28. The van der Waals surface area contributed by atoms with Gasteiger partial charge in [-0.2, -0.15) is 5.10 Å². The molecule has 0 radical (unpaired) electrons. The van der Waals surface area contributed by atoms with E-state index in [0.29, 0.717) is 0 Å². The van der Waals surface area contributed by atoms with Gasteiger partial charge in [0.25, 0.3) is 0 Å². The van der Waals surface area contributed by atoms with Gasteiger partial charge in [-0.3, -0.25) is 0 Å². The molecule has 0 aromatic heterocycles. The number of amides is 2. The third-order valence-electron chi connectivity index (χ3n) is 4.16. The summed E-state index contributed by atoms with van der Waals surface area (Å²) in [7, 11) is 0. The molecule has 22 heavy (non-hydrogen) atoms. The molecule has 2 amide bonds. The second-order valence-electron chi connectivity index (χ2n) is 5.44. The molecule has 0 fully saturated rings. The molecule has 0 saturated heterocycles. The summed E-state index contributed by atoms with van der Waals surface area (Å²) in [5.74, 6) is 1.08. The molecule has 0 aliphatic carbocycles. The fourth-order valence-electron chi connectivity index (χ4n) is 3.19. The Hall–Kier alpha value is -2.27. The molecule has 4 nitrogen and oxygen atoms in total. The van der Waals surface area contributed by atoms with Crippen LogP contribution in [0, 0.1) is 5.92 Å². The number of hydrazone groups is 1. The fraction of sp³-hybridized carbons (Fsp3) is 0.176. The Kier molecular flexibility index (Phi) is 3.15. The van der Waals surface area contributed by atoms with Crippen molar-refractivity contribution in [1.29, 1.82) is 0 Å². The molecule has 2 atom stereocenters. The summed E-state index contributed by atoms with van der Waals surface area (Å²) in [5, 5.41) is 6.01. The maximum atomic E-state index is 11.9. The number of carbonyl (C=O) groups excluding carboxylic acids is 1. The highest BCUT2D eigenvalue weighted by atomic mass is 32.2. The molecule has 2 aromatic rings. The van der Waals surface area contributed by atoms with E-state index in [1.165, 1.54) is 9.90 Å². The number of thioether (sulfide) groups is 1. The molecule has 5 heteroatoms. The lowest BCUT2D eigenvalue weighted by molar-refractivity contribution is 0.188. The molecule has 2 heterocycles. The minimum Gasteiger partial charge on any atom is -0.350 e. The van der Waals surface area contributed by atoms with Gasteiger partial charge in [-0.1, -0.05) is 48.5 Å². The molecular weight excluding hydrogens is 294 g/mol. The second-order valence-corrected chi connectivity index (χ2v) is 6.50. The van der Waals surface area contributed by atoms with Crippen LogP contribution in [0.2, 0.25) is 0 Å². The highest BCUT2D eigenvalue weighted by Crippen LogP contribution is 2.45. The number of primary amides is 1. The Morgan fingerprint density at radius 2 is 1.86 bits per heavy atom. The number of benzene rings is 2. The third kappa shape index (κ3) is 2.01. The largest absolute Gasteiger partial charge is 0.350 e. The van der Waals surface area contributed by atoms with E-state index >= 15 is 0 Å². The number of hydrogen-bond acceptors (Lipinski definition) is 3. The molecule has 4 rings (SSSR count). The van der Waals surface area contributed by atoms with Crippen LogP contribution in [-0.2, 0) is 0 Å². The van der Waals surface area contributed by atoms with Gasteiger partial charge in [0.2, 0.25) is 0 Å². The lowest BCUT2D eigenvalue weighted by Crippen LogP contribution is -2.35. The summed E-state index contributed by atoms with van der Waals surface area (Å²) in [5.41, 5.74) is 8.74. The van der Waals surface area contributed by atoms with E-state index in [-0.39, 0.29) is 12.0 Å². The summed E-state index contributed by atoms with van der Waals surface area (Å²) in [6.07, 6.45) is 0. The van der Waals surface area contributed by atoms with E-state index in [2.05, 4.69) is 17.2 Å². The first kappa shape index (κ1) is 13.4. The van der Waals surface area contributed by atoms with Crippen molar-refractivity contribution in [1.82, 2.24) is 5.01 Å². The van der Waals surface area contributed by atoms with Crippen molar-refractivity contribution in [2.45, 2.75) is 10.9 Å². The van der Waals surface area contributed by atoms with Gasteiger partial charge in [0.1, 0.15) is 0 Å². The third-order valence-corrected chi connectivity index (χ3v) is 5.35. The molecule has 0 unspecified atom stereocenters. The predicted molar refractivity (Wildman–Crippen MR) is 87.8 cm³/mol. The van der Waals surface area contributed by atoms with Crippen LogP contribution in [0.3, 0.4) is 0 Å². The summed E-state index contributed by atoms with van der Waals surface area (Å²) in [6.45, 7) is 0. The van der Waals surface area contributed by atoms with Crippen LogP contribution in [0.4, 0.5) is 4.79 Å². The maximum absolute atomic E-state index is 11.9. The number of fused-ring (bicyclic) bond motifs is 3. The highest BCUT2D eigenvalue weighted by molar-refractivity contribution is 7.99. The molecule has 110 valence electrons. The normalized spacial score (nSPS) is 22.7. The van der Waals surface area contributed by atoms with Crippen LogP contribution < -0.4 is 5.73 Å². The first-order chi connectivity index (χ1) is 10.8. The van der Waals surface area contributed by atoms with E-state index < -0.39 is 6.03 Å². The molecule has 2 aromatic carbocycles. The van der Waals surface area contributed by atoms with Crippen molar-refractivity contribution in [2.75, 3.05) is 5.75 Å². The number of carbonyl (C=O) groups is 1. The first-order valence-corrected chi connectivity index (χ1v) is 8.18. The van der Waals surface area contributed by atoms with Crippen molar-refractivity contribution >= 4 is 23.5 Å². The molecule has 0 bridgehead atoms. The van der Waals surface area contributed by atoms with Crippen LogP contribution in [0.5, 0.6) is 0 Å². The first-order valence-electron chi connectivity index (χ1n) is 7.20. The van der Waals surface area contributed by atoms with Crippen molar-refractivity contribution in [3.05, 3.63) is 65.7 Å². The van der Waals surface area contributed by atoms with E-state index in [4.69, 9.17) is 5.73 Å². The smallest absolute Gasteiger partial charge is 0.335 e. The van der Waals surface area contributed by atoms with Gasteiger partial charge in [0, 0.05) is 22.1 Å². The SMILES string of the molecule is NC(=O)N1N=C2c3ccccc3SC[C@H]2[C@@H]1c1ccccc1. The molecule has 2 aliphatic heterocycles. The second kappa shape index (κ2) is 5.18. The summed E-state index contributed by atoms with van der Waals surface area (Å²) in [4.78, 5) is 13.1. The van der Waals surface area contributed by atoms with Crippen LogP contribution >= 0.6 is 11.8 Å². The van der Waals surface area contributed by atoms with E-state index in [9.17, 15) is 4.79 Å². The molecular formula is C17H15N3OS. The minimum atomic E-state index is -0.502. The molecule has 0 saturated carbocycles. The van der Waals surface area contributed by atoms with E-state index in [1.54, 1.807) is 0 Å². The Morgan fingerprint density at radius 1 is 1.14 bits per heavy atom.